The SMILES string of the molecule is Cc1ccc(C(=O)N2CCC3(CC2)CN(Cc2ccccn2)C(=O)CO3)cn1. The van der Waals surface area contributed by atoms with Crippen molar-refractivity contribution >= 4 is 11.8 Å². The molecule has 2 aliphatic heterocycles. The van der Waals surface area contributed by atoms with E-state index >= 15 is 0 Å². The van der Waals surface area contributed by atoms with Crippen LogP contribution in [0.4, 0.5) is 0 Å². The van der Waals surface area contributed by atoms with E-state index < -0.39 is 0 Å². The van der Waals surface area contributed by atoms with Gasteiger partial charge in [-0.2, -0.15) is 0 Å². The summed E-state index contributed by atoms with van der Waals surface area (Å²) in [6.07, 6.45) is 4.79. The summed E-state index contributed by atoms with van der Waals surface area (Å²) < 4.78 is 5.97. The van der Waals surface area contributed by atoms with Crippen molar-refractivity contribution in [3.05, 3.63) is 59.7 Å². The van der Waals surface area contributed by atoms with Crippen molar-refractivity contribution in [2.45, 2.75) is 31.9 Å². The first-order chi connectivity index (χ1) is 13.5. The van der Waals surface area contributed by atoms with Crippen LogP contribution in [0.5, 0.6) is 0 Å². The minimum atomic E-state index is -0.384. The Morgan fingerprint density at radius 3 is 2.68 bits per heavy atom. The molecule has 1 spiro atoms. The maximum Gasteiger partial charge on any atom is 0.255 e. The predicted octanol–water partition coefficient (Wildman–Crippen LogP) is 1.82. The van der Waals surface area contributed by atoms with Gasteiger partial charge in [0.2, 0.25) is 5.91 Å². The van der Waals surface area contributed by atoms with E-state index in [-0.39, 0.29) is 24.0 Å². The minimum absolute atomic E-state index is 0.000391. The number of hydrogen-bond acceptors (Lipinski definition) is 5. The molecule has 0 aliphatic carbocycles. The van der Waals surface area contributed by atoms with Crippen LogP contribution in [0.2, 0.25) is 0 Å². The molecule has 28 heavy (non-hydrogen) atoms. The summed E-state index contributed by atoms with van der Waals surface area (Å²) in [7, 11) is 0. The van der Waals surface area contributed by atoms with E-state index in [9.17, 15) is 9.59 Å². The van der Waals surface area contributed by atoms with Gasteiger partial charge in [-0.25, -0.2) is 0 Å². The van der Waals surface area contributed by atoms with E-state index in [4.69, 9.17) is 4.74 Å². The van der Waals surface area contributed by atoms with Gasteiger partial charge in [0.1, 0.15) is 6.61 Å². The number of morpholine rings is 1. The van der Waals surface area contributed by atoms with Gasteiger partial charge in [-0.3, -0.25) is 19.6 Å². The minimum Gasteiger partial charge on any atom is -0.363 e. The zero-order chi connectivity index (χ0) is 19.6. The highest BCUT2D eigenvalue weighted by Crippen LogP contribution is 2.31. The molecule has 7 heteroatoms. The summed E-state index contributed by atoms with van der Waals surface area (Å²) in [4.78, 5) is 37.2. The third-order valence-electron chi connectivity index (χ3n) is 5.53. The van der Waals surface area contributed by atoms with E-state index in [2.05, 4.69) is 9.97 Å². The Morgan fingerprint density at radius 2 is 2.00 bits per heavy atom. The van der Waals surface area contributed by atoms with Gasteiger partial charge in [-0.15, -0.1) is 0 Å². The second-order valence-corrected chi connectivity index (χ2v) is 7.52. The molecule has 0 unspecified atom stereocenters. The first kappa shape index (κ1) is 18.6. The number of aromatic nitrogens is 2. The fourth-order valence-corrected chi connectivity index (χ4v) is 3.82. The van der Waals surface area contributed by atoms with Crippen LogP contribution in [0, 0.1) is 6.92 Å². The fraction of sp³-hybridized carbons (Fsp3) is 0.429. The zero-order valence-corrected chi connectivity index (χ0v) is 16.0. The largest absolute Gasteiger partial charge is 0.363 e. The smallest absolute Gasteiger partial charge is 0.255 e. The highest BCUT2D eigenvalue weighted by molar-refractivity contribution is 5.94. The molecule has 7 nitrogen and oxygen atoms in total. The molecule has 2 amide bonds. The number of nitrogens with zero attached hydrogens (tertiary/aromatic N) is 4. The lowest BCUT2D eigenvalue weighted by atomic mass is 9.89. The van der Waals surface area contributed by atoms with Gasteiger partial charge >= 0.3 is 0 Å². The summed E-state index contributed by atoms with van der Waals surface area (Å²) in [5, 5.41) is 0. The van der Waals surface area contributed by atoms with Gasteiger partial charge in [-0.1, -0.05) is 6.07 Å². The lowest BCUT2D eigenvalue weighted by Gasteiger charge is -2.47. The van der Waals surface area contributed by atoms with Crippen LogP contribution in [0.15, 0.2) is 42.7 Å². The molecule has 0 bridgehead atoms. The van der Waals surface area contributed by atoms with Gasteiger partial charge < -0.3 is 14.5 Å². The molecule has 0 radical (unpaired) electrons. The Kier molecular flexibility index (Phi) is 5.09. The maximum atomic E-state index is 12.7. The molecule has 2 aromatic heterocycles. The van der Waals surface area contributed by atoms with Crippen LogP contribution in [0.3, 0.4) is 0 Å². The summed E-state index contributed by atoms with van der Waals surface area (Å²) in [6, 6.07) is 9.38. The summed E-state index contributed by atoms with van der Waals surface area (Å²) in [6.45, 7) is 4.23. The van der Waals surface area contributed by atoms with Crippen LogP contribution in [0.1, 0.15) is 34.6 Å². The Hall–Kier alpha value is -2.80. The molecular weight excluding hydrogens is 356 g/mol. The van der Waals surface area contributed by atoms with Gasteiger partial charge in [0.15, 0.2) is 0 Å². The first-order valence-electron chi connectivity index (χ1n) is 9.58. The number of piperidine rings is 1. The van der Waals surface area contributed by atoms with Gasteiger partial charge in [0.05, 0.1) is 29.9 Å². The number of likely N-dealkylation sites (tertiary alicyclic amines) is 1. The number of hydrogen-bond donors (Lipinski definition) is 0. The van der Waals surface area contributed by atoms with E-state index in [1.54, 1.807) is 12.4 Å². The Morgan fingerprint density at radius 1 is 1.18 bits per heavy atom. The van der Waals surface area contributed by atoms with Crippen LogP contribution in [-0.4, -0.2) is 63.4 Å². The third kappa shape index (κ3) is 3.89. The van der Waals surface area contributed by atoms with Crippen molar-refractivity contribution in [2.24, 2.45) is 0 Å². The Labute approximate surface area is 164 Å². The van der Waals surface area contributed by atoms with Gasteiger partial charge in [0.25, 0.3) is 5.91 Å². The molecule has 2 fully saturated rings. The predicted molar refractivity (Wildman–Crippen MR) is 102 cm³/mol. The number of pyridine rings is 2. The van der Waals surface area contributed by atoms with Crippen molar-refractivity contribution in [1.29, 1.82) is 0 Å². The lowest BCUT2D eigenvalue weighted by molar-refractivity contribution is -0.171. The number of carbonyl (C=O) groups excluding carboxylic acids is 2. The summed E-state index contributed by atoms with van der Waals surface area (Å²) in [5.74, 6) is -0.0138. The van der Waals surface area contributed by atoms with Crippen LogP contribution >= 0.6 is 0 Å². The molecule has 4 heterocycles. The molecular formula is C21H24N4O3. The van der Waals surface area contributed by atoms with Crippen LogP contribution in [0.25, 0.3) is 0 Å². The second kappa shape index (κ2) is 7.67. The van der Waals surface area contributed by atoms with E-state index in [1.165, 1.54) is 0 Å². The molecule has 4 rings (SSSR count). The second-order valence-electron chi connectivity index (χ2n) is 7.52. The number of ether oxygens (including phenoxy) is 1. The molecule has 0 aromatic carbocycles. The average molecular weight is 380 g/mol. The topological polar surface area (TPSA) is 75.6 Å². The van der Waals surface area contributed by atoms with Crippen molar-refractivity contribution < 1.29 is 14.3 Å². The number of amides is 2. The van der Waals surface area contributed by atoms with Gasteiger partial charge in [0, 0.05) is 31.2 Å². The highest BCUT2D eigenvalue weighted by atomic mass is 16.5. The van der Waals surface area contributed by atoms with Crippen LogP contribution in [-0.2, 0) is 16.1 Å². The fourth-order valence-electron chi connectivity index (χ4n) is 3.82. The quantitative estimate of drug-likeness (QED) is 0.812. The number of rotatable bonds is 3. The first-order valence-corrected chi connectivity index (χ1v) is 9.58. The standard InChI is InChI=1S/C21H24N4O3/c1-16-5-6-17(12-23-16)20(27)24-10-7-21(8-11-24)15-25(19(26)14-28-21)13-18-4-2-3-9-22-18/h2-6,9,12H,7-8,10-11,13-15H2,1H3. The summed E-state index contributed by atoms with van der Waals surface area (Å²) in [5.41, 5.74) is 1.98. The molecule has 0 atom stereocenters. The number of carbonyl (C=O) groups is 2. The molecule has 2 aliphatic rings. The summed E-state index contributed by atoms with van der Waals surface area (Å²) >= 11 is 0. The van der Waals surface area contributed by atoms with Crippen molar-refractivity contribution in [3.63, 3.8) is 0 Å². The molecule has 146 valence electrons. The van der Waals surface area contributed by atoms with Crippen molar-refractivity contribution in [1.82, 2.24) is 19.8 Å². The number of aryl methyl sites for hydroxylation is 1. The van der Waals surface area contributed by atoms with Crippen LogP contribution < -0.4 is 0 Å². The average Bonchev–Trinajstić information content (AvgIpc) is 2.72. The van der Waals surface area contributed by atoms with Crippen molar-refractivity contribution in [2.75, 3.05) is 26.2 Å². The van der Waals surface area contributed by atoms with Crippen molar-refractivity contribution in [3.8, 4) is 0 Å². The molecule has 2 aromatic rings. The normalized spacial score (nSPS) is 19.1. The molecule has 0 N–H and O–H groups in total. The zero-order valence-electron chi connectivity index (χ0n) is 16.0. The third-order valence-corrected chi connectivity index (χ3v) is 5.53. The van der Waals surface area contributed by atoms with E-state index in [0.717, 1.165) is 11.4 Å². The van der Waals surface area contributed by atoms with E-state index in [0.29, 0.717) is 44.6 Å². The highest BCUT2D eigenvalue weighted by Gasteiger charge is 2.43. The van der Waals surface area contributed by atoms with E-state index in [1.807, 2.05) is 47.1 Å². The Balaban J connectivity index is 1.39. The van der Waals surface area contributed by atoms with Gasteiger partial charge in [-0.05, 0) is 44.0 Å². The Bertz CT molecular complexity index is 846. The molecule has 2 saturated heterocycles. The lowest BCUT2D eigenvalue weighted by Crippen LogP contribution is -2.59. The molecule has 0 saturated carbocycles. The maximum absolute atomic E-state index is 12.7. The monoisotopic (exact) mass is 380 g/mol.